The third kappa shape index (κ3) is 4.57. The zero-order valence-corrected chi connectivity index (χ0v) is 14.5. The van der Waals surface area contributed by atoms with Gasteiger partial charge >= 0.3 is 12.0 Å². The van der Waals surface area contributed by atoms with Crippen LogP contribution in [0.4, 0.5) is 4.79 Å². The molecule has 0 aromatic carbocycles. The van der Waals surface area contributed by atoms with Crippen LogP contribution in [0.2, 0.25) is 0 Å². The lowest BCUT2D eigenvalue weighted by atomic mass is 9.85. The van der Waals surface area contributed by atoms with Crippen LogP contribution >= 0.6 is 0 Å². The maximum atomic E-state index is 12.5. The van der Waals surface area contributed by atoms with Crippen LogP contribution in [0.5, 0.6) is 0 Å². The van der Waals surface area contributed by atoms with E-state index in [4.69, 9.17) is 9.84 Å². The smallest absolute Gasteiger partial charge is 0.318 e. The number of nitrogens with one attached hydrogen (secondary N) is 1. The summed E-state index contributed by atoms with van der Waals surface area (Å²) < 4.78 is 5.72. The van der Waals surface area contributed by atoms with Crippen molar-refractivity contribution in [3.63, 3.8) is 0 Å². The van der Waals surface area contributed by atoms with Gasteiger partial charge in [-0.15, -0.1) is 0 Å². The monoisotopic (exact) mass is 327 g/mol. The van der Waals surface area contributed by atoms with E-state index in [0.717, 1.165) is 12.8 Å². The van der Waals surface area contributed by atoms with Gasteiger partial charge in [-0.3, -0.25) is 9.69 Å². The molecule has 0 aromatic rings. The maximum absolute atomic E-state index is 12.5. The molecule has 1 saturated carbocycles. The summed E-state index contributed by atoms with van der Waals surface area (Å²) in [6.07, 6.45) is 1.63. The van der Waals surface area contributed by atoms with Gasteiger partial charge in [-0.1, -0.05) is 6.92 Å². The summed E-state index contributed by atoms with van der Waals surface area (Å²) in [7, 11) is 0. The predicted octanol–water partition coefficient (Wildman–Crippen LogP) is 1.13. The topological polar surface area (TPSA) is 82.1 Å². The number of carboxylic acid groups (broad SMARTS) is 1. The molecule has 2 fully saturated rings. The summed E-state index contributed by atoms with van der Waals surface area (Å²) in [5.41, 5.74) is -0.313. The van der Waals surface area contributed by atoms with E-state index in [1.54, 1.807) is 0 Å². The lowest BCUT2D eigenvalue weighted by Crippen LogP contribution is -2.61. The SMILES string of the molecule is CCN(CC(=O)O)C1CC(NC(=O)N2CC(C)(C)OC[C@@H]2C)C1. The molecule has 7 heteroatoms. The number of carbonyl (C=O) groups is 2. The molecule has 2 aliphatic rings. The molecule has 1 atom stereocenters. The van der Waals surface area contributed by atoms with E-state index in [0.29, 0.717) is 19.7 Å². The standard InChI is InChI=1S/C16H29N3O4/c1-5-18(8-14(20)21)13-6-12(7-13)17-15(22)19-10-16(3,4)23-9-11(19)2/h11-13H,5-10H2,1-4H3,(H,17,22)(H,20,21)/t11-,12?,13?/m0/s1. The van der Waals surface area contributed by atoms with Gasteiger partial charge in [0.15, 0.2) is 0 Å². The van der Waals surface area contributed by atoms with E-state index < -0.39 is 5.97 Å². The Kier molecular flexibility index (Phi) is 5.52. The Balaban J connectivity index is 1.80. The first kappa shape index (κ1) is 18.0. The highest BCUT2D eigenvalue weighted by molar-refractivity contribution is 5.75. The van der Waals surface area contributed by atoms with Crippen molar-refractivity contribution in [1.82, 2.24) is 15.1 Å². The van der Waals surface area contributed by atoms with Crippen LogP contribution in [-0.4, -0.2) is 76.9 Å². The molecule has 0 aromatic heterocycles. The second-order valence-electron chi connectivity index (χ2n) is 7.28. The van der Waals surface area contributed by atoms with Crippen LogP contribution < -0.4 is 5.32 Å². The van der Waals surface area contributed by atoms with Gasteiger partial charge in [0.2, 0.25) is 0 Å². The molecule has 2 amide bonds. The Morgan fingerprint density at radius 1 is 1.39 bits per heavy atom. The Morgan fingerprint density at radius 3 is 2.61 bits per heavy atom. The molecule has 0 bridgehead atoms. The Hall–Kier alpha value is -1.34. The minimum absolute atomic E-state index is 0.0430. The van der Waals surface area contributed by atoms with Crippen molar-refractivity contribution < 1.29 is 19.4 Å². The summed E-state index contributed by atoms with van der Waals surface area (Å²) in [6.45, 7) is 9.85. The second-order valence-corrected chi connectivity index (χ2v) is 7.28. The van der Waals surface area contributed by atoms with Crippen molar-refractivity contribution in [2.45, 2.75) is 64.3 Å². The predicted molar refractivity (Wildman–Crippen MR) is 86.4 cm³/mol. The third-order valence-corrected chi connectivity index (χ3v) is 4.76. The zero-order chi connectivity index (χ0) is 17.2. The summed E-state index contributed by atoms with van der Waals surface area (Å²) in [5.74, 6) is -0.802. The number of hydrogen-bond acceptors (Lipinski definition) is 4. The minimum atomic E-state index is -0.802. The molecular formula is C16H29N3O4. The molecule has 1 heterocycles. The third-order valence-electron chi connectivity index (χ3n) is 4.76. The van der Waals surface area contributed by atoms with Crippen molar-refractivity contribution in [2.24, 2.45) is 0 Å². The molecule has 2 rings (SSSR count). The first-order chi connectivity index (χ1) is 10.7. The van der Waals surface area contributed by atoms with Crippen molar-refractivity contribution in [1.29, 1.82) is 0 Å². The van der Waals surface area contributed by atoms with E-state index in [9.17, 15) is 9.59 Å². The molecular weight excluding hydrogens is 298 g/mol. The zero-order valence-electron chi connectivity index (χ0n) is 14.5. The normalized spacial score (nSPS) is 30.0. The molecule has 2 N–H and O–H groups in total. The highest BCUT2D eigenvalue weighted by Gasteiger charge is 2.38. The molecule has 23 heavy (non-hydrogen) atoms. The van der Waals surface area contributed by atoms with Crippen LogP contribution in [0.1, 0.15) is 40.5 Å². The highest BCUT2D eigenvalue weighted by Crippen LogP contribution is 2.27. The molecule has 1 aliphatic carbocycles. The molecule has 1 aliphatic heterocycles. The summed E-state index contributed by atoms with van der Waals surface area (Å²) >= 11 is 0. The number of likely N-dealkylation sites (N-methyl/N-ethyl adjacent to an activating group) is 1. The van der Waals surface area contributed by atoms with Gasteiger partial charge in [-0.05, 0) is 40.2 Å². The van der Waals surface area contributed by atoms with Crippen LogP contribution in [0.25, 0.3) is 0 Å². The fourth-order valence-electron chi connectivity index (χ4n) is 3.25. The van der Waals surface area contributed by atoms with Crippen LogP contribution in [0.15, 0.2) is 0 Å². The average molecular weight is 327 g/mol. The summed E-state index contributed by atoms with van der Waals surface area (Å²) in [5, 5.41) is 12.0. The number of ether oxygens (including phenoxy) is 1. The molecule has 0 spiro atoms. The van der Waals surface area contributed by atoms with Crippen molar-refractivity contribution in [3.8, 4) is 0 Å². The van der Waals surface area contributed by atoms with Gasteiger partial charge in [-0.25, -0.2) is 4.79 Å². The Morgan fingerprint density at radius 2 is 2.04 bits per heavy atom. The van der Waals surface area contributed by atoms with Crippen LogP contribution in [-0.2, 0) is 9.53 Å². The quantitative estimate of drug-likeness (QED) is 0.791. The lowest BCUT2D eigenvalue weighted by molar-refractivity contribution is -0.139. The molecule has 0 radical (unpaired) electrons. The number of aliphatic carboxylic acids is 1. The van der Waals surface area contributed by atoms with Crippen molar-refractivity contribution in [2.75, 3.05) is 26.2 Å². The van der Waals surface area contributed by atoms with E-state index in [1.807, 2.05) is 37.5 Å². The number of urea groups is 1. The van der Waals surface area contributed by atoms with E-state index in [2.05, 4.69) is 5.32 Å². The molecule has 0 unspecified atom stereocenters. The summed E-state index contributed by atoms with van der Waals surface area (Å²) in [6, 6.07) is 0.408. The first-order valence-electron chi connectivity index (χ1n) is 8.38. The Labute approximate surface area is 138 Å². The van der Waals surface area contributed by atoms with E-state index in [1.165, 1.54) is 0 Å². The number of carbonyl (C=O) groups excluding carboxylic acids is 1. The van der Waals surface area contributed by atoms with Crippen molar-refractivity contribution in [3.05, 3.63) is 0 Å². The van der Waals surface area contributed by atoms with Crippen LogP contribution in [0, 0.1) is 0 Å². The number of hydrogen-bond donors (Lipinski definition) is 2. The number of rotatable bonds is 5. The van der Waals surface area contributed by atoms with Gasteiger partial charge in [0, 0.05) is 12.1 Å². The van der Waals surface area contributed by atoms with Gasteiger partial charge in [0.05, 0.1) is 31.3 Å². The fourth-order valence-corrected chi connectivity index (χ4v) is 3.25. The van der Waals surface area contributed by atoms with Gasteiger partial charge < -0.3 is 20.1 Å². The minimum Gasteiger partial charge on any atom is -0.480 e. The van der Waals surface area contributed by atoms with Gasteiger partial charge in [0.25, 0.3) is 0 Å². The maximum Gasteiger partial charge on any atom is 0.318 e. The van der Waals surface area contributed by atoms with Gasteiger partial charge in [-0.2, -0.15) is 0 Å². The molecule has 1 saturated heterocycles. The number of amides is 2. The molecule has 7 nitrogen and oxygen atoms in total. The van der Waals surface area contributed by atoms with E-state index in [-0.39, 0.29) is 36.3 Å². The second kappa shape index (κ2) is 7.05. The fraction of sp³-hybridized carbons (Fsp3) is 0.875. The number of nitrogens with zero attached hydrogens (tertiary/aromatic N) is 2. The lowest BCUT2D eigenvalue weighted by Gasteiger charge is -2.45. The van der Waals surface area contributed by atoms with E-state index >= 15 is 0 Å². The number of carboxylic acids is 1. The summed E-state index contributed by atoms with van der Waals surface area (Å²) in [4.78, 5) is 27.1. The van der Waals surface area contributed by atoms with Crippen molar-refractivity contribution >= 4 is 12.0 Å². The highest BCUT2D eigenvalue weighted by atomic mass is 16.5. The first-order valence-corrected chi connectivity index (χ1v) is 8.38. The number of morpholine rings is 1. The molecule has 132 valence electrons. The van der Waals surface area contributed by atoms with Crippen LogP contribution in [0.3, 0.4) is 0 Å². The largest absolute Gasteiger partial charge is 0.480 e. The Bertz CT molecular complexity index is 449. The average Bonchev–Trinajstić information content (AvgIpc) is 2.42. The van der Waals surface area contributed by atoms with Gasteiger partial charge in [0.1, 0.15) is 0 Å².